The van der Waals surface area contributed by atoms with Crippen LogP contribution in [0.25, 0.3) is 16.4 Å². The van der Waals surface area contributed by atoms with E-state index in [0.29, 0.717) is 4.88 Å². The van der Waals surface area contributed by atoms with Crippen LogP contribution in [0, 0.1) is 27.7 Å². The second kappa shape index (κ2) is 6.88. The summed E-state index contributed by atoms with van der Waals surface area (Å²) in [6, 6.07) is 6.24. The molecular weight excluding hydrogens is 358 g/mol. The lowest BCUT2D eigenvalue weighted by Crippen LogP contribution is -2.27. The van der Waals surface area contributed by atoms with Crippen LogP contribution >= 0.6 is 11.3 Å². The van der Waals surface area contributed by atoms with Gasteiger partial charge in [0.15, 0.2) is 0 Å². The lowest BCUT2D eigenvalue weighted by Gasteiger charge is -2.13. The zero-order chi connectivity index (χ0) is 19.1. The zero-order valence-corrected chi connectivity index (χ0v) is 16.9. The zero-order valence-electron chi connectivity index (χ0n) is 16.1. The van der Waals surface area contributed by atoms with Crippen molar-refractivity contribution in [2.24, 2.45) is 0 Å². The van der Waals surface area contributed by atoms with Gasteiger partial charge in [0.25, 0.3) is 5.91 Å². The van der Waals surface area contributed by atoms with Gasteiger partial charge < -0.3 is 4.90 Å². The Bertz CT molecular complexity index is 1010. The lowest BCUT2D eigenvalue weighted by molar-refractivity contribution is 0.0796. The fraction of sp³-hybridized carbons (Fsp3) is 0.400. The molecule has 0 saturated carbocycles. The topological polar surface area (TPSA) is 63.9 Å². The van der Waals surface area contributed by atoms with Crippen molar-refractivity contribution in [1.82, 2.24) is 24.9 Å². The Morgan fingerprint density at radius 3 is 2.52 bits per heavy atom. The van der Waals surface area contributed by atoms with E-state index in [9.17, 15) is 4.79 Å². The average molecular weight is 382 g/mol. The molecule has 1 aliphatic heterocycles. The van der Waals surface area contributed by atoms with Crippen LogP contribution in [0.1, 0.15) is 45.0 Å². The van der Waals surface area contributed by atoms with E-state index in [2.05, 4.69) is 41.3 Å². The quantitative estimate of drug-likeness (QED) is 0.691. The molecular formula is C20H23N5OS. The summed E-state index contributed by atoms with van der Waals surface area (Å²) in [5.74, 6) is 0.0907. The number of benzene rings is 1. The first-order valence-corrected chi connectivity index (χ1v) is 10.0. The molecule has 0 bridgehead atoms. The number of carbonyl (C=O) groups excluding carboxylic acids is 1. The minimum atomic E-state index is 0.0907. The SMILES string of the molecule is Cc1ccc(-n2nnc(-c3nc(C)c(C(=O)N4CCCC4)s3)c2C)cc1C. The van der Waals surface area contributed by atoms with Crippen molar-refractivity contribution in [3.63, 3.8) is 0 Å². The third-order valence-corrected chi connectivity index (χ3v) is 6.37. The van der Waals surface area contributed by atoms with Crippen LogP contribution in [0.4, 0.5) is 0 Å². The summed E-state index contributed by atoms with van der Waals surface area (Å²) < 4.78 is 1.83. The molecule has 1 amide bonds. The van der Waals surface area contributed by atoms with Crippen molar-refractivity contribution < 1.29 is 4.79 Å². The molecule has 0 spiro atoms. The van der Waals surface area contributed by atoms with E-state index >= 15 is 0 Å². The maximum atomic E-state index is 12.7. The summed E-state index contributed by atoms with van der Waals surface area (Å²) in [4.78, 5) is 20.0. The van der Waals surface area contributed by atoms with Crippen molar-refractivity contribution in [1.29, 1.82) is 0 Å². The van der Waals surface area contributed by atoms with Gasteiger partial charge in [-0.3, -0.25) is 4.79 Å². The molecule has 6 nitrogen and oxygen atoms in total. The summed E-state index contributed by atoms with van der Waals surface area (Å²) in [7, 11) is 0. The Hall–Kier alpha value is -2.54. The van der Waals surface area contributed by atoms with E-state index in [0.717, 1.165) is 53.7 Å². The number of aromatic nitrogens is 4. The number of carbonyl (C=O) groups is 1. The number of nitrogens with zero attached hydrogens (tertiary/aromatic N) is 5. The Morgan fingerprint density at radius 1 is 1.07 bits per heavy atom. The van der Waals surface area contributed by atoms with Gasteiger partial charge in [0.05, 0.1) is 17.1 Å². The smallest absolute Gasteiger partial charge is 0.265 e. The molecule has 1 saturated heterocycles. The minimum absolute atomic E-state index is 0.0907. The van der Waals surface area contributed by atoms with Crippen LogP contribution in [0.2, 0.25) is 0 Å². The Morgan fingerprint density at radius 2 is 1.81 bits per heavy atom. The van der Waals surface area contributed by atoms with E-state index in [-0.39, 0.29) is 5.91 Å². The monoisotopic (exact) mass is 381 g/mol. The Balaban J connectivity index is 1.68. The second-order valence-corrected chi connectivity index (χ2v) is 8.14. The predicted octanol–water partition coefficient (Wildman–Crippen LogP) is 3.86. The van der Waals surface area contributed by atoms with Gasteiger partial charge >= 0.3 is 0 Å². The third-order valence-electron chi connectivity index (χ3n) is 5.22. The highest BCUT2D eigenvalue weighted by atomic mass is 32.1. The molecule has 0 unspecified atom stereocenters. The first kappa shape index (κ1) is 17.9. The molecule has 1 aliphatic rings. The fourth-order valence-electron chi connectivity index (χ4n) is 3.39. The highest BCUT2D eigenvalue weighted by Gasteiger charge is 2.25. The van der Waals surface area contributed by atoms with Crippen molar-refractivity contribution in [3.05, 3.63) is 45.6 Å². The third kappa shape index (κ3) is 3.16. The van der Waals surface area contributed by atoms with Crippen LogP contribution in [0.5, 0.6) is 0 Å². The highest BCUT2D eigenvalue weighted by molar-refractivity contribution is 7.17. The van der Waals surface area contributed by atoms with Gasteiger partial charge in [0.1, 0.15) is 15.6 Å². The first-order valence-electron chi connectivity index (χ1n) is 9.22. The number of rotatable bonds is 3. The van der Waals surface area contributed by atoms with Crippen LogP contribution in [0.3, 0.4) is 0 Å². The Kier molecular flexibility index (Phi) is 4.55. The average Bonchev–Trinajstić information content (AvgIpc) is 3.37. The standard InChI is InChI=1S/C20H23N5OS/c1-12-7-8-16(11-13(12)2)25-15(4)17(22-23-25)19-21-14(3)18(27-19)20(26)24-9-5-6-10-24/h7-8,11H,5-6,9-10H2,1-4H3. The van der Waals surface area contributed by atoms with Gasteiger partial charge in [0.2, 0.25) is 0 Å². The number of thiazole rings is 1. The maximum Gasteiger partial charge on any atom is 0.265 e. The molecule has 27 heavy (non-hydrogen) atoms. The van der Waals surface area contributed by atoms with E-state index in [1.54, 1.807) is 0 Å². The highest BCUT2D eigenvalue weighted by Crippen LogP contribution is 2.31. The number of amides is 1. The summed E-state index contributed by atoms with van der Waals surface area (Å²) >= 11 is 1.42. The summed E-state index contributed by atoms with van der Waals surface area (Å²) in [5, 5.41) is 9.45. The molecule has 3 heterocycles. The number of hydrogen-bond donors (Lipinski definition) is 0. The van der Waals surface area contributed by atoms with E-state index in [1.165, 1.54) is 22.5 Å². The largest absolute Gasteiger partial charge is 0.338 e. The first-order chi connectivity index (χ1) is 13.0. The van der Waals surface area contributed by atoms with Gasteiger partial charge in [-0.15, -0.1) is 16.4 Å². The molecule has 1 aromatic carbocycles. The number of aryl methyl sites for hydroxylation is 3. The van der Waals surface area contributed by atoms with Crippen molar-refractivity contribution in [2.75, 3.05) is 13.1 Å². The molecule has 0 radical (unpaired) electrons. The molecule has 7 heteroatoms. The number of hydrogen-bond acceptors (Lipinski definition) is 5. The Labute approximate surface area is 162 Å². The van der Waals surface area contributed by atoms with Gasteiger partial charge in [-0.05, 0) is 63.8 Å². The van der Waals surface area contributed by atoms with Crippen molar-refractivity contribution in [3.8, 4) is 16.4 Å². The summed E-state index contributed by atoms with van der Waals surface area (Å²) in [6.45, 7) is 9.75. The van der Waals surface area contributed by atoms with E-state index in [1.807, 2.05) is 29.5 Å². The maximum absolute atomic E-state index is 12.7. The van der Waals surface area contributed by atoms with Crippen LogP contribution in [-0.2, 0) is 0 Å². The van der Waals surface area contributed by atoms with E-state index < -0.39 is 0 Å². The molecule has 0 N–H and O–H groups in total. The molecule has 0 aliphatic carbocycles. The summed E-state index contributed by atoms with van der Waals surface area (Å²) in [6.07, 6.45) is 2.17. The van der Waals surface area contributed by atoms with Crippen molar-refractivity contribution >= 4 is 17.2 Å². The lowest BCUT2D eigenvalue weighted by atomic mass is 10.1. The molecule has 3 aromatic rings. The minimum Gasteiger partial charge on any atom is -0.338 e. The van der Waals surface area contributed by atoms with Crippen LogP contribution in [-0.4, -0.2) is 43.9 Å². The predicted molar refractivity (Wildman–Crippen MR) is 107 cm³/mol. The van der Waals surface area contributed by atoms with Gasteiger partial charge in [0, 0.05) is 13.1 Å². The van der Waals surface area contributed by atoms with Crippen LogP contribution < -0.4 is 0 Å². The molecule has 1 fully saturated rings. The van der Waals surface area contributed by atoms with Gasteiger partial charge in [-0.1, -0.05) is 11.3 Å². The molecule has 140 valence electrons. The normalized spacial score (nSPS) is 14.1. The number of likely N-dealkylation sites (tertiary alicyclic amines) is 1. The molecule has 0 atom stereocenters. The molecule has 2 aromatic heterocycles. The van der Waals surface area contributed by atoms with Crippen molar-refractivity contribution in [2.45, 2.75) is 40.5 Å². The van der Waals surface area contributed by atoms with Gasteiger partial charge in [-0.2, -0.15) is 0 Å². The fourth-order valence-corrected chi connectivity index (χ4v) is 4.46. The van der Waals surface area contributed by atoms with Crippen LogP contribution in [0.15, 0.2) is 18.2 Å². The second-order valence-electron chi connectivity index (χ2n) is 7.14. The summed E-state index contributed by atoms with van der Waals surface area (Å²) in [5.41, 5.74) is 5.88. The van der Waals surface area contributed by atoms with Gasteiger partial charge in [-0.25, -0.2) is 9.67 Å². The van der Waals surface area contributed by atoms with E-state index in [4.69, 9.17) is 0 Å². The molecule has 4 rings (SSSR count).